The summed E-state index contributed by atoms with van der Waals surface area (Å²) in [5.41, 5.74) is -0.522. The number of hydrogen-bond acceptors (Lipinski definition) is 4. The van der Waals surface area contributed by atoms with Crippen molar-refractivity contribution in [2.75, 3.05) is 4.90 Å². The molecule has 1 amide bonds. The lowest BCUT2D eigenvalue weighted by Gasteiger charge is -2.48. The van der Waals surface area contributed by atoms with Gasteiger partial charge in [-0.15, -0.1) is 10.2 Å². The first-order valence-electron chi connectivity index (χ1n) is 13.9. The molecule has 0 bridgehead atoms. The van der Waals surface area contributed by atoms with Crippen molar-refractivity contribution in [3.8, 4) is 0 Å². The Morgan fingerprint density at radius 3 is 2.44 bits per heavy atom. The second-order valence-corrected chi connectivity index (χ2v) is 12.3. The number of alkyl halides is 5. The summed E-state index contributed by atoms with van der Waals surface area (Å²) in [5, 5.41) is 11.3. The average molecular weight is 574 g/mol. The van der Waals surface area contributed by atoms with Gasteiger partial charge < -0.3 is 14.8 Å². The molecule has 6 nitrogen and oxygen atoms in total. The molecule has 1 aromatic heterocycles. The minimum absolute atomic E-state index is 0.0302. The second-order valence-electron chi connectivity index (χ2n) is 12.3. The maximum absolute atomic E-state index is 14.3. The summed E-state index contributed by atoms with van der Waals surface area (Å²) >= 11 is 0. The minimum atomic E-state index is -4.63. The number of fused-ring (bicyclic) bond motifs is 1. The summed E-state index contributed by atoms with van der Waals surface area (Å²) in [6, 6.07) is 9.39. The molecule has 3 aliphatic rings. The molecule has 11 heteroatoms. The molecule has 0 atom stereocenters. The highest BCUT2D eigenvalue weighted by Gasteiger charge is 2.57. The number of amides is 1. The van der Waals surface area contributed by atoms with E-state index in [1.54, 1.807) is 41.9 Å². The molecule has 41 heavy (non-hydrogen) atoms. The lowest BCUT2D eigenvalue weighted by molar-refractivity contribution is -0.138. The quantitative estimate of drug-likeness (QED) is 0.336. The van der Waals surface area contributed by atoms with Crippen LogP contribution in [0.4, 0.5) is 27.6 Å². The van der Waals surface area contributed by atoms with Crippen molar-refractivity contribution in [1.82, 2.24) is 20.1 Å². The first kappa shape index (κ1) is 27.8. The average Bonchev–Trinajstić information content (AvgIpc) is 3.60. The minimum Gasteiger partial charge on any atom is -0.321 e. The number of carbonyl (C=O) groups is 1. The highest BCUT2D eigenvalue weighted by Crippen LogP contribution is 2.55. The van der Waals surface area contributed by atoms with Crippen LogP contribution in [-0.2, 0) is 38.1 Å². The maximum atomic E-state index is 14.3. The zero-order valence-electron chi connectivity index (χ0n) is 23.0. The molecule has 1 aliphatic heterocycles. The van der Waals surface area contributed by atoms with Crippen LogP contribution in [0.5, 0.6) is 0 Å². The molecule has 0 spiro atoms. The summed E-state index contributed by atoms with van der Waals surface area (Å²) in [5.74, 6) is -2.81. The van der Waals surface area contributed by atoms with E-state index >= 15 is 0 Å². The number of hydrogen-bond donors (Lipinski definition) is 1. The van der Waals surface area contributed by atoms with Crippen LogP contribution >= 0.6 is 0 Å². The summed E-state index contributed by atoms with van der Waals surface area (Å²) < 4.78 is 72.8. The number of anilines is 1. The largest absolute Gasteiger partial charge is 0.416 e. The third-order valence-electron chi connectivity index (χ3n) is 9.10. The van der Waals surface area contributed by atoms with Crippen molar-refractivity contribution in [2.45, 2.75) is 88.0 Å². The molecular formula is C30H32F5N5O. The first-order chi connectivity index (χ1) is 19.3. The molecule has 2 heterocycles. The molecular weight excluding hydrogens is 541 g/mol. The van der Waals surface area contributed by atoms with Crippen molar-refractivity contribution in [2.24, 2.45) is 7.05 Å². The van der Waals surface area contributed by atoms with Gasteiger partial charge in [0.15, 0.2) is 0 Å². The standard InChI is InChI=1S/C30H32F5N5O/c1-27(8-3-4-9-27)36-14-19-10-22-23(24(11-19)30(33,34)35)15-40(26(22)41)21-7-5-6-20(12-21)28(16-29(31,32)17-28)13-25-38-37-18-39(25)2/h5-7,10-12,18,36H,3-4,8-9,13-17H2,1-2H3. The number of halogens is 5. The first-order valence-corrected chi connectivity index (χ1v) is 13.9. The monoisotopic (exact) mass is 573 g/mol. The fraction of sp³-hybridized carbons (Fsp3) is 0.500. The zero-order valence-corrected chi connectivity index (χ0v) is 23.0. The van der Waals surface area contributed by atoms with Gasteiger partial charge in [0.1, 0.15) is 12.2 Å². The Balaban J connectivity index is 1.31. The number of benzene rings is 2. The Labute approximate surface area is 234 Å². The summed E-state index contributed by atoms with van der Waals surface area (Å²) in [7, 11) is 1.74. The predicted molar refractivity (Wildman–Crippen MR) is 143 cm³/mol. The Kier molecular flexibility index (Phi) is 6.52. The summed E-state index contributed by atoms with van der Waals surface area (Å²) in [4.78, 5) is 14.9. The van der Waals surface area contributed by atoms with E-state index < -0.39 is 41.8 Å². The van der Waals surface area contributed by atoms with Gasteiger partial charge in [0.25, 0.3) is 5.91 Å². The number of nitrogens with one attached hydrogen (secondary N) is 1. The third kappa shape index (κ3) is 5.13. The summed E-state index contributed by atoms with van der Waals surface area (Å²) in [6.45, 7) is 2.06. The highest BCUT2D eigenvalue weighted by molar-refractivity contribution is 6.10. The molecule has 0 saturated heterocycles. The molecule has 2 aliphatic carbocycles. The van der Waals surface area contributed by atoms with Gasteiger partial charge >= 0.3 is 6.18 Å². The molecule has 2 saturated carbocycles. The van der Waals surface area contributed by atoms with E-state index in [2.05, 4.69) is 22.4 Å². The van der Waals surface area contributed by atoms with Crippen LogP contribution < -0.4 is 10.2 Å². The Bertz CT molecular complexity index is 1480. The van der Waals surface area contributed by atoms with E-state index in [1.165, 1.54) is 11.2 Å². The van der Waals surface area contributed by atoms with Crippen molar-refractivity contribution in [3.63, 3.8) is 0 Å². The van der Waals surface area contributed by atoms with Crippen LogP contribution in [0.2, 0.25) is 0 Å². The lowest BCUT2D eigenvalue weighted by atomic mass is 9.60. The van der Waals surface area contributed by atoms with Gasteiger partial charge in [-0.2, -0.15) is 13.2 Å². The smallest absolute Gasteiger partial charge is 0.321 e. The molecule has 218 valence electrons. The predicted octanol–water partition coefficient (Wildman–Crippen LogP) is 6.33. The molecule has 6 rings (SSSR count). The van der Waals surface area contributed by atoms with Crippen LogP contribution in [0.25, 0.3) is 0 Å². The molecule has 0 unspecified atom stereocenters. The fourth-order valence-corrected chi connectivity index (χ4v) is 6.82. The summed E-state index contributed by atoms with van der Waals surface area (Å²) in [6.07, 6.45) is 0.380. The van der Waals surface area contributed by atoms with Crippen LogP contribution in [0.15, 0.2) is 42.7 Å². The fourth-order valence-electron chi connectivity index (χ4n) is 6.82. The van der Waals surface area contributed by atoms with Crippen LogP contribution in [0.3, 0.4) is 0 Å². The van der Waals surface area contributed by atoms with E-state index in [9.17, 15) is 26.7 Å². The van der Waals surface area contributed by atoms with E-state index in [0.717, 1.165) is 31.7 Å². The molecule has 2 aromatic carbocycles. The highest BCUT2D eigenvalue weighted by atomic mass is 19.4. The number of aromatic nitrogens is 3. The Hall–Kier alpha value is -3.34. The van der Waals surface area contributed by atoms with Crippen molar-refractivity contribution in [3.05, 3.63) is 76.4 Å². The number of rotatable bonds is 7. The number of carbonyl (C=O) groups excluding carboxylic acids is 1. The topological polar surface area (TPSA) is 63.1 Å². The van der Waals surface area contributed by atoms with E-state index in [1.807, 2.05) is 0 Å². The number of nitrogens with zero attached hydrogens (tertiary/aromatic N) is 4. The van der Waals surface area contributed by atoms with Crippen molar-refractivity contribution >= 4 is 11.6 Å². The second kappa shape index (κ2) is 9.61. The molecule has 2 fully saturated rings. The lowest BCUT2D eigenvalue weighted by Crippen LogP contribution is -2.51. The van der Waals surface area contributed by atoms with E-state index in [0.29, 0.717) is 22.6 Å². The van der Waals surface area contributed by atoms with Gasteiger partial charge in [0, 0.05) is 55.1 Å². The van der Waals surface area contributed by atoms with Gasteiger partial charge in [0.2, 0.25) is 5.92 Å². The normalized spacial score (nSPS) is 20.8. The maximum Gasteiger partial charge on any atom is 0.416 e. The number of aryl methyl sites for hydroxylation is 1. The SMILES string of the molecule is Cn1cnnc1CC1(c2cccc(N3Cc4c(cc(CNC5(C)CCCC5)cc4C(F)(F)F)C3=O)c2)CC(F)(F)C1. The van der Waals surface area contributed by atoms with E-state index in [4.69, 9.17) is 0 Å². The van der Waals surface area contributed by atoms with Crippen LogP contribution in [0.1, 0.15) is 83.9 Å². The van der Waals surface area contributed by atoms with Gasteiger partial charge in [0.05, 0.1) is 12.1 Å². The van der Waals surface area contributed by atoms with Gasteiger partial charge in [-0.3, -0.25) is 4.79 Å². The van der Waals surface area contributed by atoms with Gasteiger partial charge in [-0.05, 0) is 60.7 Å². The van der Waals surface area contributed by atoms with Crippen LogP contribution in [0, 0.1) is 0 Å². The van der Waals surface area contributed by atoms with Gasteiger partial charge in [-0.1, -0.05) is 25.0 Å². The molecule has 1 N–H and O–H groups in total. The Morgan fingerprint density at radius 1 is 1.07 bits per heavy atom. The van der Waals surface area contributed by atoms with Gasteiger partial charge in [-0.25, -0.2) is 8.78 Å². The zero-order chi connectivity index (χ0) is 29.2. The Morgan fingerprint density at radius 2 is 1.80 bits per heavy atom. The van der Waals surface area contributed by atoms with E-state index in [-0.39, 0.29) is 36.2 Å². The van der Waals surface area contributed by atoms with Crippen molar-refractivity contribution < 1.29 is 26.7 Å². The molecule has 0 radical (unpaired) electrons. The van der Waals surface area contributed by atoms with Crippen molar-refractivity contribution in [1.29, 1.82) is 0 Å². The molecule has 3 aromatic rings. The van der Waals surface area contributed by atoms with Crippen LogP contribution in [-0.4, -0.2) is 32.1 Å². The third-order valence-corrected chi connectivity index (χ3v) is 9.10.